The van der Waals surface area contributed by atoms with E-state index in [-0.39, 0.29) is 16.4 Å². The highest BCUT2D eigenvalue weighted by Crippen LogP contribution is 2.53. The fourth-order valence-corrected chi connectivity index (χ4v) is 9.93. The van der Waals surface area contributed by atoms with Crippen molar-refractivity contribution < 1.29 is 9.90 Å². The lowest BCUT2D eigenvalue weighted by Gasteiger charge is -2.46. The van der Waals surface area contributed by atoms with E-state index in [0.717, 1.165) is 86.8 Å². The summed E-state index contributed by atoms with van der Waals surface area (Å²) in [6.07, 6.45) is 11.6. The third-order valence-corrected chi connectivity index (χ3v) is 12.8. The lowest BCUT2D eigenvalue weighted by molar-refractivity contribution is -0.160. The molecule has 7 rings (SSSR count). The van der Waals surface area contributed by atoms with E-state index in [2.05, 4.69) is 70.4 Å². The topological polar surface area (TPSA) is 75.4 Å². The van der Waals surface area contributed by atoms with Gasteiger partial charge in [0.25, 0.3) is 5.56 Å². The number of rotatable bonds is 4. The van der Waals surface area contributed by atoms with Crippen molar-refractivity contribution in [3.05, 3.63) is 68.2 Å². The third-order valence-electron chi connectivity index (χ3n) is 12.2. The van der Waals surface area contributed by atoms with Crippen molar-refractivity contribution in [3.63, 3.8) is 0 Å². The number of aliphatic carboxylic acids is 1. The molecular formula is C37H46BrN3O3. The minimum absolute atomic E-state index is 0.130. The monoisotopic (exact) mass is 659 g/mol. The van der Waals surface area contributed by atoms with Crippen LogP contribution < -0.4 is 5.56 Å². The first-order valence-electron chi connectivity index (χ1n) is 16.9. The average Bonchev–Trinajstić information content (AvgIpc) is 3.25. The Kier molecular flexibility index (Phi) is 7.59. The zero-order valence-electron chi connectivity index (χ0n) is 26.5. The number of benzene rings is 2. The SMILES string of the molecule is CC(C)(C)C1(C(=O)O)CCC(CN2CCC(c3ccc4c(c3)-n3c(nc(=O)c5c(Br)cccc53)C43CCCCC3)CC2)CC1. The van der Waals surface area contributed by atoms with Crippen LogP contribution in [-0.4, -0.2) is 45.2 Å². The Morgan fingerprint density at radius 1 is 1.00 bits per heavy atom. The molecule has 2 aliphatic heterocycles. The Bertz CT molecular complexity index is 1650. The first-order valence-corrected chi connectivity index (χ1v) is 17.7. The van der Waals surface area contributed by atoms with Gasteiger partial charge in [-0.25, -0.2) is 0 Å². The maximum absolute atomic E-state index is 13.3. The number of hydrogen-bond acceptors (Lipinski definition) is 4. The smallest absolute Gasteiger partial charge is 0.310 e. The second-order valence-corrected chi connectivity index (χ2v) is 16.1. The normalized spacial score (nSPS) is 25.7. The van der Waals surface area contributed by atoms with Crippen molar-refractivity contribution in [2.75, 3.05) is 19.6 Å². The van der Waals surface area contributed by atoms with Crippen LogP contribution >= 0.6 is 15.9 Å². The fraction of sp³-hybridized carbons (Fsp3) is 0.595. The number of nitrogens with zero attached hydrogens (tertiary/aromatic N) is 3. The largest absolute Gasteiger partial charge is 0.481 e. The molecule has 1 N–H and O–H groups in total. The third kappa shape index (κ3) is 4.71. The number of fused-ring (bicyclic) bond motifs is 7. The molecule has 0 bridgehead atoms. The van der Waals surface area contributed by atoms with Crippen LogP contribution in [0.4, 0.5) is 0 Å². The van der Waals surface area contributed by atoms with Crippen molar-refractivity contribution in [1.29, 1.82) is 0 Å². The van der Waals surface area contributed by atoms with E-state index in [0.29, 0.717) is 17.2 Å². The van der Waals surface area contributed by atoms with Gasteiger partial charge in [-0.05, 0) is 127 Å². The van der Waals surface area contributed by atoms with Crippen molar-refractivity contribution in [2.45, 2.75) is 103 Å². The molecular weight excluding hydrogens is 614 g/mol. The number of carboxylic acids is 1. The second-order valence-electron chi connectivity index (χ2n) is 15.3. The van der Waals surface area contributed by atoms with E-state index in [9.17, 15) is 14.7 Å². The predicted molar refractivity (Wildman–Crippen MR) is 179 cm³/mol. The molecule has 0 radical (unpaired) electrons. The van der Waals surface area contributed by atoms with Crippen molar-refractivity contribution in [3.8, 4) is 5.69 Å². The number of carbonyl (C=O) groups is 1. The van der Waals surface area contributed by atoms with E-state index in [1.807, 2.05) is 12.1 Å². The fourth-order valence-electron chi connectivity index (χ4n) is 9.40. The highest BCUT2D eigenvalue weighted by molar-refractivity contribution is 9.10. The van der Waals surface area contributed by atoms with Crippen LogP contribution in [-0.2, 0) is 10.2 Å². The van der Waals surface area contributed by atoms with Gasteiger partial charge in [-0.15, -0.1) is 0 Å². The van der Waals surface area contributed by atoms with Crippen LogP contribution in [0, 0.1) is 16.7 Å². The Morgan fingerprint density at radius 3 is 2.36 bits per heavy atom. The summed E-state index contributed by atoms with van der Waals surface area (Å²) in [6.45, 7) is 9.55. The second kappa shape index (κ2) is 11.1. The highest BCUT2D eigenvalue weighted by Gasteiger charge is 2.50. The summed E-state index contributed by atoms with van der Waals surface area (Å²) in [5.41, 5.74) is 3.81. The molecule has 1 aromatic heterocycles. The molecule has 2 aliphatic carbocycles. The summed E-state index contributed by atoms with van der Waals surface area (Å²) in [7, 11) is 0. The summed E-state index contributed by atoms with van der Waals surface area (Å²) in [6, 6.07) is 13.2. The maximum atomic E-state index is 13.3. The molecule has 0 amide bonds. The van der Waals surface area contributed by atoms with E-state index < -0.39 is 11.4 Å². The van der Waals surface area contributed by atoms with Crippen molar-refractivity contribution in [2.24, 2.45) is 16.7 Å². The number of carboxylic acid groups (broad SMARTS) is 1. The van der Waals surface area contributed by atoms with Crippen LogP contribution in [0.1, 0.15) is 114 Å². The minimum Gasteiger partial charge on any atom is -0.481 e. The lowest BCUT2D eigenvalue weighted by Crippen LogP contribution is -2.47. The van der Waals surface area contributed by atoms with Crippen molar-refractivity contribution in [1.82, 2.24) is 14.5 Å². The Balaban J connectivity index is 1.11. The maximum Gasteiger partial charge on any atom is 0.310 e. The van der Waals surface area contributed by atoms with Crippen LogP contribution in [0.5, 0.6) is 0 Å². The van der Waals surface area contributed by atoms with Crippen LogP contribution in [0.3, 0.4) is 0 Å². The molecule has 7 heteroatoms. The summed E-state index contributed by atoms with van der Waals surface area (Å²) in [5.74, 6) is 1.44. The summed E-state index contributed by atoms with van der Waals surface area (Å²) in [5, 5.41) is 10.8. The number of piperidine rings is 1. The van der Waals surface area contributed by atoms with E-state index in [1.165, 1.54) is 36.1 Å². The van der Waals surface area contributed by atoms with E-state index in [1.54, 1.807) is 0 Å². The zero-order chi connectivity index (χ0) is 30.9. The minimum atomic E-state index is -0.612. The highest BCUT2D eigenvalue weighted by atomic mass is 79.9. The molecule has 44 heavy (non-hydrogen) atoms. The van der Waals surface area contributed by atoms with Crippen LogP contribution in [0.25, 0.3) is 16.6 Å². The van der Waals surface area contributed by atoms with Crippen molar-refractivity contribution >= 4 is 32.8 Å². The first kappa shape index (κ1) is 30.2. The molecule has 3 aromatic rings. The summed E-state index contributed by atoms with van der Waals surface area (Å²) < 4.78 is 3.13. The Morgan fingerprint density at radius 2 is 1.70 bits per heavy atom. The summed E-state index contributed by atoms with van der Waals surface area (Å²) in [4.78, 5) is 33.1. The molecule has 1 spiro atoms. The standard InChI is InChI=1S/C37H46BrN3O3/c1-35(2,3)37(34(43)44)18-12-24(13-19-37)23-40-20-14-25(15-21-40)26-10-11-27-30(22-26)41-29-9-7-8-28(38)31(29)32(42)39-33(41)36(27)16-5-4-6-17-36/h7-11,22,24-25H,4-6,12-21,23H2,1-3H3,(H,43,44). The average molecular weight is 661 g/mol. The number of likely N-dealkylation sites (tertiary alicyclic amines) is 1. The lowest BCUT2D eigenvalue weighted by atomic mass is 9.58. The van der Waals surface area contributed by atoms with E-state index >= 15 is 0 Å². The molecule has 0 atom stereocenters. The molecule has 1 saturated heterocycles. The molecule has 6 nitrogen and oxygen atoms in total. The molecule has 0 unspecified atom stereocenters. The summed E-state index contributed by atoms with van der Waals surface area (Å²) >= 11 is 3.64. The van der Waals surface area contributed by atoms with Gasteiger partial charge in [0.05, 0.1) is 27.4 Å². The van der Waals surface area contributed by atoms with Gasteiger partial charge in [-0.2, -0.15) is 4.98 Å². The molecule has 2 aromatic carbocycles. The van der Waals surface area contributed by atoms with Crippen LogP contribution in [0.15, 0.2) is 45.7 Å². The molecule has 234 valence electrons. The van der Waals surface area contributed by atoms with Gasteiger partial charge in [0, 0.05) is 11.0 Å². The van der Waals surface area contributed by atoms with Gasteiger partial charge < -0.3 is 10.0 Å². The molecule has 3 fully saturated rings. The van der Waals surface area contributed by atoms with Gasteiger partial charge in [0.1, 0.15) is 5.82 Å². The Hall–Kier alpha value is -2.51. The zero-order valence-corrected chi connectivity index (χ0v) is 28.1. The molecule has 3 heterocycles. The van der Waals surface area contributed by atoms with Gasteiger partial charge in [-0.1, -0.05) is 58.2 Å². The van der Waals surface area contributed by atoms with Gasteiger partial charge in [0.2, 0.25) is 0 Å². The molecule has 4 aliphatic rings. The number of halogens is 1. The predicted octanol–water partition coefficient (Wildman–Crippen LogP) is 8.20. The van der Waals surface area contributed by atoms with E-state index in [4.69, 9.17) is 4.98 Å². The van der Waals surface area contributed by atoms with Gasteiger partial charge in [0.15, 0.2) is 0 Å². The van der Waals surface area contributed by atoms with Gasteiger partial charge >= 0.3 is 5.97 Å². The quantitative estimate of drug-likeness (QED) is 0.306. The van der Waals surface area contributed by atoms with Crippen LogP contribution in [0.2, 0.25) is 0 Å². The number of hydrogen-bond donors (Lipinski definition) is 1. The molecule has 2 saturated carbocycles. The first-order chi connectivity index (χ1) is 21.0. The van der Waals surface area contributed by atoms with Gasteiger partial charge in [-0.3, -0.25) is 14.2 Å². The Labute approximate surface area is 269 Å². The number of aromatic nitrogens is 2.